The minimum Gasteiger partial charge on any atom is -0.450 e. The second kappa shape index (κ2) is 10.00. The van der Waals surface area contributed by atoms with E-state index < -0.39 is 11.4 Å². The predicted molar refractivity (Wildman–Crippen MR) is 158 cm³/mol. The molecule has 3 aromatic carbocycles. The van der Waals surface area contributed by atoms with Crippen LogP contribution in [0.15, 0.2) is 69.9 Å². The molecule has 210 valence electrons. The normalized spacial score (nSPS) is 17.8. The highest BCUT2D eigenvalue weighted by Gasteiger charge is 2.64. The van der Waals surface area contributed by atoms with Crippen molar-refractivity contribution in [3.05, 3.63) is 110 Å². The Morgan fingerprint density at radius 1 is 0.927 bits per heavy atom. The number of carbonyl (C=O) groups is 2. The third-order valence-corrected chi connectivity index (χ3v) is 8.29. The van der Waals surface area contributed by atoms with Gasteiger partial charge >= 0.3 is 0 Å². The predicted octanol–water partition coefficient (Wildman–Crippen LogP) is 5.78. The first-order chi connectivity index (χ1) is 19.6. The van der Waals surface area contributed by atoms with E-state index in [1.165, 1.54) is 0 Å². The van der Waals surface area contributed by atoms with E-state index in [0.717, 1.165) is 22.3 Å². The zero-order valence-electron chi connectivity index (χ0n) is 24.1. The van der Waals surface area contributed by atoms with Crippen LogP contribution in [0.5, 0.6) is 0 Å². The smallest absolute Gasteiger partial charge is 0.291 e. The van der Waals surface area contributed by atoms with Crippen LogP contribution in [0, 0.1) is 20.8 Å². The molecule has 41 heavy (non-hydrogen) atoms. The fourth-order valence-corrected chi connectivity index (χ4v) is 6.12. The van der Waals surface area contributed by atoms with Gasteiger partial charge in [-0.1, -0.05) is 48.0 Å². The fraction of sp³-hybridized carbons (Fsp3) is 0.324. The highest BCUT2D eigenvalue weighted by atomic mass is 16.5. The summed E-state index contributed by atoms with van der Waals surface area (Å²) >= 11 is 0. The maximum atomic E-state index is 14.8. The number of ether oxygens (including phenoxy) is 1. The molecule has 1 unspecified atom stereocenters. The zero-order valence-corrected chi connectivity index (χ0v) is 24.1. The van der Waals surface area contributed by atoms with E-state index in [0.29, 0.717) is 41.8 Å². The Bertz CT molecular complexity index is 1750. The number of para-hydroxylation sites is 1. The van der Waals surface area contributed by atoms with Gasteiger partial charge < -0.3 is 19.0 Å². The summed E-state index contributed by atoms with van der Waals surface area (Å²) in [6.45, 7) is 10.7. The number of hydrogen-bond donors (Lipinski definition) is 0. The van der Waals surface area contributed by atoms with E-state index in [2.05, 4.69) is 0 Å². The van der Waals surface area contributed by atoms with E-state index in [-0.39, 0.29) is 35.3 Å². The Balaban J connectivity index is 1.58. The zero-order chi connectivity index (χ0) is 29.1. The minimum absolute atomic E-state index is 0.0364. The van der Waals surface area contributed by atoms with Crippen LogP contribution in [0.3, 0.4) is 0 Å². The molecule has 7 heteroatoms. The largest absolute Gasteiger partial charge is 0.450 e. The van der Waals surface area contributed by atoms with Crippen molar-refractivity contribution in [1.29, 1.82) is 0 Å². The molecule has 0 radical (unpaired) electrons. The third-order valence-electron chi connectivity index (χ3n) is 8.29. The number of hydrogen-bond acceptors (Lipinski definition) is 5. The van der Waals surface area contributed by atoms with Gasteiger partial charge in [0.05, 0.1) is 29.3 Å². The monoisotopic (exact) mass is 550 g/mol. The first-order valence-corrected chi connectivity index (χ1v) is 14.1. The van der Waals surface area contributed by atoms with Crippen LogP contribution in [0.4, 0.5) is 5.69 Å². The van der Waals surface area contributed by atoms with Crippen LogP contribution in [-0.4, -0.2) is 36.0 Å². The number of amides is 2. The molecule has 2 amide bonds. The molecule has 1 atom stereocenters. The molecular formula is C34H34N2O5. The van der Waals surface area contributed by atoms with Crippen molar-refractivity contribution in [1.82, 2.24) is 4.90 Å². The molecule has 7 nitrogen and oxygen atoms in total. The average Bonchev–Trinajstić information content (AvgIpc) is 3.33. The maximum Gasteiger partial charge on any atom is 0.291 e. The fourth-order valence-electron chi connectivity index (χ4n) is 6.12. The highest BCUT2D eigenvalue weighted by molar-refractivity contribution is 6.17. The summed E-state index contributed by atoms with van der Waals surface area (Å²) in [5.74, 6) is -0.843. The quantitative estimate of drug-likeness (QED) is 0.273. The van der Waals surface area contributed by atoms with Gasteiger partial charge in [0, 0.05) is 18.7 Å². The molecule has 4 aromatic rings. The average molecular weight is 551 g/mol. The Hall–Kier alpha value is -4.23. The van der Waals surface area contributed by atoms with Crippen molar-refractivity contribution < 1.29 is 18.7 Å². The first kappa shape index (κ1) is 27.0. The number of nitrogens with zero attached hydrogens (tertiary/aromatic N) is 2. The van der Waals surface area contributed by atoms with Crippen LogP contribution in [0.2, 0.25) is 0 Å². The molecule has 0 N–H and O–H groups in total. The number of rotatable bonds is 7. The Labute approximate surface area is 239 Å². The van der Waals surface area contributed by atoms with Crippen LogP contribution in [-0.2, 0) is 21.6 Å². The van der Waals surface area contributed by atoms with Gasteiger partial charge in [-0.2, -0.15) is 0 Å². The van der Waals surface area contributed by atoms with Crippen LogP contribution in [0.25, 0.3) is 11.0 Å². The lowest BCUT2D eigenvalue weighted by Gasteiger charge is -2.34. The lowest BCUT2D eigenvalue weighted by molar-refractivity contribution is -0.126. The van der Waals surface area contributed by atoms with E-state index in [1.54, 1.807) is 21.9 Å². The second-order valence-electron chi connectivity index (χ2n) is 11.4. The van der Waals surface area contributed by atoms with Gasteiger partial charge in [0.1, 0.15) is 5.58 Å². The second-order valence-corrected chi connectivity index (χ2v) is 11.4. The van der Waals surface area contributed by atoms with Crippen LogP contribution in [0.1, 0.15) is 64.2 Å². The summed E-state index contributed by atoms with van der Waals surface area (Å²) in [5, 5.41) is 0.367. The molecular weight excluding hydrogens is 516 g/mol. The minimum atomic E-state index is -1.63. The van der Waals surface area contributed by atoms with Crippen molar-refractivity contribution in [3.8, 4) is 0 Å². The van der Waals surface area contributed by atoms with Crippen molar-refractivity contribution in [2.45, 2.75) is 59.2 Å². The highest BCUT2D eigenvalue weighted by Crippen LogP contribution is 2.53. The summed E-state index contributed by atoms with van der Waals surface area (Å²) in [6, 6.07) is 19.1. The molecule has 0 aliphatic carbocycles. The first-order valence-electron chi connectivity index (χ1n) is 14.1. The molecule has 2 aliphatic rings. The molecule has 1 aromatic heterocycles. The standard InChI is InChI=1S/C34H34N2O5/c1-20(2)40-16-8-15-36-32(38)31-29(30(37)25-17-22(4)23(5)18-28(25)41-31)34(36)26-9-6-7-10-27(26)35(33(34)39)19-24-13-11-21(3)12-14-24/h6-7,9-14,17-18,20H,8,15-16,19H2,1-5H3. The van der Waals surface area contributed by atoms with Gasteiger partial charge in [0.15, 0.2) is 11.0 Å². The Kier molecular flexibility index (Phi) is 6.57. The summed E-state index contributed by atoms with van der Waals surface area (Å²) in [6.07, 6.45) is 0.535. The van der Waals surface area contributed by atoms with Crippen molar-refractivity contribution in [3.63, 3.8) is 0 Å². The number of aryl methyl sites for hydroxylation is 3. The summed E-state index contributed by atoms with van der Waals surface area (Å²) in [7, 11) is 0. The van der Waals surface area contributed by atoms with Gasteiger partial charge in [-0.3, -0.25) is 14.4 Å². The van der Waals surface area contributed by atoms with Gasteiger partial charge in [0.2, 0.25) is 5.76 Å². The number of carbonyl (C=O) groups excluding carboxylic acids is 2. The summed E-state index contributed by atoms with van der Waals surface area (Å²) in [4.78, 5) is 46.6. The molecule has 2 aliphatic heterocycles. The topological polar surface area (TPSA) is 80.1 Å². The van der Waals surface area contributed by atoms with E-state index in [9.17, 15) is 14.4 Å². The lowest BCUT2D eigenvalue weighted by atomic mass is 9.83. The van der Waals surface area contributed by atoms with Gasteiger partial charge in [-0.25, -0.2) is 0 Å². The molecule has 0 saturated heterocycles. The molecule has 0 saturated carbocycles. The van der Waals surface area contributed by atoms with Crippen LogP contribution >= 0.6 is 0 Å². The lowest BCUT2D eigenvalue weighted by Crippen LogP contribution is -2.53. The summed E-state index contributed by atoms with van der Waals surface area (Å²) in [5.41, 5.74) is 3.74. The molecule has 0 bridgehead atoms. The SMILES string of the molecule is Cc1ccc(CN2C(=O)C3(c4ccccc42)c2c(oc4cc(C)c(C)cc4c2=O)C(=O)N3CCCOC(C)C)cc1. The number of benzene rings is 3. The molecule has 6 rings (SSSR count). The van der Waals surface area contributed by atoms with Crippen molar-refractivity contribution in [2.75, 3.05) is 18.1 Å². The maximum absolute atomic E-state index is 14.8. The summed E-state index contributed by atoms with van der Waals surface area (Å²) < 4.78 is 12.0. The van der Waals surface area contributed by atoms with E-state index in [4.69, 9.17) is 9.15 Å². The van der Waals surface area contributed by atoms with Gasteiger partial charge in [0.25, 0.3) is 11.8 Å². The Morgan fingerprint density at radius 2 is 1.63 bits per heavy atom. The molecule has 3 heterocycles. The third kappa shape index (κ3) is 4.10. The Morgan fingerprint density at radius 3 is 2.37 bits per heavy atom. The van der Waals surface area contributed by atoms with Crippen LogP contribution < -0.4 is 10.3 Å². The van der Waals surface area contributed by atoms with Crippen molar-refractivity contribution >= 4 is 28.5 Å². The number of fused-ring (bicyclic) bond motifs is 5. The van der Waals surface area contributed by atoms with E-state index >= 15 is 0 Å². The molecule has 1 spiro atoms. The van der Waals surface area contributed by atoms with E-state index in [1.807, 2.05) is 83.1 Å². The van der Waals surface area contributed by atoms with Gasteiger partial charge in [-0.05, 0) is 75.9 Å². The number of anilines is 1. The van der Waals surface area contributed by atoms with Crippen molar-refractivity contribution in [2.24, 2.45) is 0 Å². The van der Waals surface area contributed by atoms with Gasteiger partial charge in [-0.15, -0.1) is 0 Å². The molecule has 0 fully saturated rings.